The number of benzene rings is 3. The van der Waals surface area contributed by atoms with E-state index in [-0.39, 0.29) is 28.6 Å². The first kappa shape index (κ1) is 20.8. The van der Waals surface area contributed by atoms with Crippen LogP contribution in [0.5, 0.6) is 11.5 Å². The third-order valence-electron chi connectivity index (χ3n) is 6.11. The molecule has 1 unspecified atom stereocenters. The molecule has 1 aliphatic rings. The molecular weight excluding hydrogens is 418 g/mol. The minimum absolute atomic E-state index is 0.0166. The summed E-state index contributed by atoms with van der Waals surface area (Å²) in [7, 11) is 1.46. The highest BCUT2D eigenvalue weighted by molar-refractivity contribution is 5.99. The maximum absolute atomic E-state index is 13.6. The van der Waals surface area contributed by atoms with Gasteiger partial charge in [-0.15, -0.1) is 0 Å². The van der Waals surface area contributed by atoms with Crippen LogP contribution in [0.15, 0.2) is 69.9 Å². The van der Waals surface area contributed by atoms with E-state index in [1.54, 1.807) is 29.2 Å². The summed E-state index contributed by atoms with van der Waals surface area (Å²) in [5.74, 6) is -0.0375. The molecule has 1 N–H and O–H groups in total. The van der Waals surface area contributed by atoms with E-state index in [1.807, 2.05) is 44.2 Å². The summed E-state index contributed by atoms with van der Waals surface area (Å²) in [4.78, 5) is 28.8. The number of hydrogen-bond donors (Lipinski definition) is 1. The summed E-state index contributed by atoms with van der Waals surface area (Å²) in [6.45, 7) is 4.21. The zero-order valence-corrected chi connectivity index (χ0v) is 18.6. The maximum Gasteiger partial charge on any atom is 0.291 e. The van der Waals surface area contributed by atoms with E-state index in [2.05, 4.69) is 0 Å². The number of phenolic OH excluding ortho intramolecular Hbond substituents is 1. The zero-order valence-electron chi connectivity index (χ0n) is 18.6. The second-order valence-corrected chi connectivity index (χ2v) is 8.43. The molecule has 0 saturated carbocycles. The Hall–Kier alpha value is -4.06. The van der Waals surface area contributed by atoms with E-state index < -0.39 is 6.04 Å². The van der Waals surface area contributed by atoms with Crippen LogP contribution in [-0.4, -0.2) is 23.0 Å². The van der Waals surface area contributed by atoms with Crippen LogP contribution < -0.4 is 10.2 Å². The smallest absolute Gasteiger partial charge is 0.291 e. The first-order chi connectivity index (χ1) is 15.9. The van der Waals surface area contributed by atoms with Gasteiger partial charge in [-0.3, -0.25) is 9.59 Å². The Morgan fingerprint density at radius 3 is 2.42 bits per heavy atom. The van der Waals surface area contributed by atoms with Crippen LogP contribution in [0.1, 0.15) is 44.4 Å². The van der Waals surface area contributed by atoms with Crippen LogP contribution in [0, 0.1) is 13.8 Å². The molecule has 1 atom stereocenters. The molecule has 4 aromatic rings. The fraction of sp³-hybridized carbons (Fsp3) is 0.185. The topological polar surface area (TPSA) is 80.0 Å². The number of carbonyl (C=O) groups excluding carboxylic acids is 1. The lowest BCUT2D eigenvalue weighted by Gasteiger charge is -2.25. The zero-order chi connectivity index (χ0) is 23.3. The molecule has 5 rings (SSSR count). The van der Waals surface area contributed by atoms with Crippen LogP contribution in [0.25, 0.3) is 11.0 Å². The van der Waals surface area contributed by atoms with Crippen molar-refractivity contribution in [3.05, 3.63) is 104 Å². The fourth-order valence-electron chi connectivity index (χ4n) is 4.40. The molecule has 6 nitrogen and oxygen atoms in total. The van der Waals surface area contributed by atoms with Crippen LogP contribution in [-0.2, 0) is 6.54 Å². The molecule has 0 radical (unpaired) electrons. The van der Waals surface area contributed by atoms with E-state index in [0.29, 0.717) is 28.6 Å². The van der Waals surface area contributed by atoms with Gasteiger partial charge in [0.2, 0.25) is 5.76 Å². The van der Waals surface area contributed by atoms with Crippen molar-refractivity contribution in [1.29, 1.82) is 0 Å². The number of phenols is 1. The van der Waals surface area contributed by atoms with Crippen LogP contribution >= 0.6 is 0 Å². The largest absolute Gasteiger partial charge is 0.504 e. The number of hydrogen-bond acceptors (Lipinski definition) is 5. The molecule has 6 heteroatoms. The SMILES string of the molecule is COc1cc(C2c3c(oc4ccc(C)cc4c3=O)C(=O)N2Cc2ccc(C)cc2)ccc1O. The van der Waals surface area contributed by atoms with Crippen molar-refractivity contribution in [3.63, 3.8) is 0 Å². The molecule has 1 amide bonds. The average Bonchev–Trinajstić information content (AvgIpc) is 3.08. The van der Waals surface area contributed by atoms with Crippen LogP contribution in [0.2, 0.25) is 0 Å². The van der Waals surface area contributed by atoms with Gasteiger partial charge in [0.15, 0.2) is 16.9 Å². The van der Waals surface area contributed by atoms with Gasteiger partial charge in [-0.2, -0.15) is 0 Å². The molecule has 33 heavy (non-hydrogen) atoms. The highest BCUT2D eigenvalue weighted by atomic mass is 16.5. The number of nitrogens with zero attached hydrogens (tertiary/aromatic N) is 1. The van der Waals surface area contributed by atoms with E-state index in [1.165, 1.54) is 13.2 Å². The third-order valence-corrected chi connectivity index (χ3v) is 6.11. The van der Waals surface area contributed by atoms with Gasteiger partial charge in [0, 0.05) is 6.54 Å². The minimum atomic E-state index is -0.676. The molecule has 0 spiro atoms. The molecule has 1 aliphatic heterocycles. The standard InChI is InChI=1S/C27H23NO5/c1-15-4-7-17(8-5-15)14-28-24(18-9-10-20(29)22(13-18)32-3)23-25(30)19-12-16(2)6-11-21(19)33-26(23)27(28)31/h4-13,24,29H,14H2,1-3H3. The Morgan fingerprint density at radius 2 is 1.70 bits per heavy atom. The highest BCUT2D eigenvalue weighted by Gasteiger charge is 2.43. The number of carbonyl (C=O) groups is 1. The van der Waals surface area contributed by atoms with Crippen molar-refractivity contribution in [2.75, 3.05) is 7.11 Å². The number of rotatable bonds is 4. The monoisotopic (exact) mass is 441 g/mol. The van der Waals surface area contributed by atoms with Gasteiger partial charge < -0.3 is 19.2 Å². The average molecular weight is 441 g/mol. The van der Waals surface area contributed by atoms with Gasteiger partial charge in [-0.25, -0.2) is 0 Å². The molecule has 3 aromatic carbocycles. The van der Waals surface area contributed by atoms with E-state index in [9.17, 15) is 14.7 Å². The first-order valence-electron chi connectivity index (χ1n) is 10.7. The molecule has 0 saturated heterocycles. The van der Waals surface area contributed by atoms with Crippen molar-refractivity contribution in [2.24, 2.45) is 0 Å². The van der Waals surface area contributed by atoms with Crippen molar-refractivity contribution in [3.8, 4) is 11.5 Å². The summed E-state index contributed by atoms with van der Waals surface area (Å²) in [6.07, 6.45) is 0. The Kier molecular flexibility index (Phi) is 4.93. The Balaban J connectivity index is 1.73. The second-order valence-electron chi connectivity index (χ2n) is 8.43. The number of methoxy groups -OCH3 is 1. The lowest BCUT2D eigenvalue weighted by Crippen LogP contribution is -2.29. The van der Waals surface area contributed by atoms with Crippen LogP contribution in [0.4, 0.5) is 0 Å². The van der Waals surface area contributed by atoms with Crippen molar-refractivity contribution in [2.45, 2.75) is 26.4 Å². The summed E-state index contributed by atoms with van der Waals surface area (Å²) < 4.78 is 11.3. The predicted molar refractivity (Wildman–Crippen MR) is 125 cm³/mol. The molecule has 1 aromatic heterocycles. The Morgan fingerprint density at radius 1 is 0.970 bits per heavy atom. The number of amides is 1. The van der Waals surface area contributed by atoms with Gasteiger partial charge >= 0.3 is 0 Å². The van der Waals surface area contributed by atoms with Crippen molar-refractivity contribution < 1.29 is 19.1 Å². The van der Waals surface area contributed by atoms with Crippen molar-refractivity contribution in [1.82, 2.24) is 4.90 Å². The summed E-state index contributed by atoms with van der Waals surface area (Å²) in [6, 6.07) is 17.5. The molecule has 0 aliphatic carbocycles. The van der Waals surface area contributed by atoms with Crippen molar-refractivity contribution >= 4 is 16.9 Å². The van der Waals surface area contributed by atoms with Crippen LogP contribution in [0.3, 0.4) is 0 Å². The van der Waals surface area contributed by atoms with Gasteiger partial charge in [-0.1, -0.05) is 47.5 Å². The number of aromatic hydroxyl groups is 1. The molecule has 166 valence electrons. The fourth-order valence-corrected chi connectivity index (χ4v) is 4.40. The number of ether oxygens (including phenoxy) is 1. The van der Waals surface area contributed by atoms with E-state index in [4.69, 9.17) is 9.15 Å². The Labute approximate surface area is 190 Å². The van der Waals surface area contributed by atoms with Gasteiger partial charge in [0.1, 0.15) is 5.58 Å². The minimum Gasteiger partial charge on any atom is -0.504 e. The molecule has 0 bridgehead atoms. The summed E-state index contributed by atoms with van der Waals surface area (Å²) in [5, 5.41) is 10.5. The lowest BCUT2D eigenvalue weighted by atomic mass is 9.97. The second kappa shape index (κ2) is 7.81. The quantitative estimate of drug-likeness (QED) is 0.489. The van der Waals surface area contributed by atoms with Gasteiger partial charge in [-0.05, 0) is 49.2 Å². The molecule has 2 heterocycles. The maximum atomic E-state index is 13.6. The Bertz CT molecular complexity index is 1450. The molecule has 0 fully saturated rings. The van der Waals surface area contributed by atoms with Gasteiger partial charge in [0.25, 0.3) is 5.91 Å². The summed E-state index contributed by atoms with van der Waals surface area (Å²) >= 11 is 0. The summed E-state index contributed by atoms with van der Waals surface area (Å²) in [5.41, 5.74) is 4.10. The third kappa shape index (κ3) is 3.44. The number of aryl methyl sites for hydroxylation is 2. The highest BCUT2D eigenvalue weighted by Crippen LogP contribution is 2.41. The number of fused-ring (bicyclic) bond motifs is 2. The normalized spacial score (nSPS) is 15.2. The van der Waals surface area contributed by atoms with E-state index in [0.717, 1.165) is 16.7 Å². The first-order valence-corrected chi connectivity index (χ1v) is 10.7. The predicted octanol–water partition coefficient (Wildman–Crippen LogP) is 4.87. The van der Waals surface area contributed by atoms with Gasteiger partial charge in [0.05, 0.1) is 24.1 Å². The molecular formula is C27H23NO5. The lowest BCUT2D eigenvalue weighted by molar-refractivity contribution is 0.0714. The van der Waals surface area contributed by atoms with E-state index >= 15 is 0 Å².